The van der Waals surface area contributed by atoms with E-state index < -0.39 is 6.04 Å². The Balaban J connectivity index is 1.36. The zero-order chi connectivity index (χ0) is 24.3. The number of H-pyrrole nitrogens is 1. The van der Waals surface area contributed by atoms with Crippen molar-refractivity contribution in [3.63, 3.8) is 0 Å². The summed E-state index contributed by atoms with van der Waals surface area (Å²) in [6.07, 6.45) is 5.36. The summed E-state index contributed by atoms with van der Waals surface area (Å²) in [7, 11) is 0. The molecule has 3 aromatic carbocycles. The van der Waals surface area contributed by atoms with Gasteiger partial charge in [0.15, 0.2) is 0 Å². The standard InChI is InChI=1S/C28H28N4O3/c33-27(18-23-19-29-20-30-23)32-26(13-7-10-21-8-3-1-4-9-21)28(34)31-22-14-16-25(17-15-22)35-24-11-5-2-6-12-24/h1-6,8-9,11-12,14-17,19-20,26H,7,10,13,18H2,(H,29,30)(H,31,34)(H,32,33)/t26-/m0/s1. The number of carbonyl (C=O) groups is 2. The average Bonchev–Trinajstić information content (AvgIpc) is 3.39. The first-order valence-electron chi connectivity index (χ1n) is 11.6. The first-order valence-corrected chi connectivity index (χ1v) is 11.6. The number of carbonyl (C=O) groups excluding carboxylic acids is 2. The fourth-order valence-corrected chi connectivity index (χ4v) is 3.68. The molecular weight excluding hydrogens is 440 g/mol. The van der Waals surface area contributed by atoms with Gasteiger partial charge in [-0.1, -0.05) is 48.5 Å². The van der Waals surface area contributed by atoms with Gasteiger partial charge in [0.25, 0.3) is 0 Å². The van der Waals surface area contributed by atoms with Gasteiger partial charge >= 0.3 is 0 Å². The summed E-state index contributed by atoms with van der Waals surface area (Å²) in [5.74, 6) is 0.915. The molecule has 0 aliphatic rings. The molecule has 0 saturated heterocycles. The van der Waals surface area contributed by atoms with Crippen LogP contribution in [-0.2, 0) is 22.4 Å². The number of hydrogen-bond acceptors (Lipinski definition) is 4. The second-order valence-electron chi connectivity index (χ2n) is 8.18. The number of para-hydroxylation sites is 1. The molecule has 4 rings (SSSR count). The van der Waals surface area contributed by atoms with Gasteiger partial charge < -0.3 is 20.4 Å². The molecule has 4 aromatic rings. The summed E-state index contributed by atoms with van der Waals surface area (Å²) in [6, 6.07) is 26.1. The second kappa shape index (κ2) is 12.2. The van der Waals surface area contributed by atoms with Crippen molar-refractivity contribution in [2.24, 2.45) is 0 Å². The summed E-state index contributed by atoms with van der Waals surface area (Å²) < 4.78 is 5.81. The van der Waals surface area contributed by atoms with Gasteiger partial charge in [0.1, 0.15) is 17.5 Å². The van der Waals surface area contributed by atoms with E-state index in [-0.39, 0.29) is 18.2 Å². The molecule has 0 spiro atoms. The molecule has 1 atom stereocenters. The molecule has 0 unspecified atom stereocenters. The zero-order valence-corrected chi connectivity index (χ0v) is 19.3. The molecule has 1 heterocycles. The summed E-state index contributed by atoms with van der Waals surface area (Å²) in [6.45, 7) is 0. The summed E-state index contributed by atoms with van der Waals surface area (Å²) >= 11 is 0. The number of hydrogen-bond donors (Lipinski definition) is 3. The Morgan fingerprint density at radius 3 is 2.26 bits per heavy atom. The van der Waals surface area contributed by atoms with Gasteiger partial charge in [0.05, 0.1) is 12.7 Å². The zero-order valence-electron chi connectivity index (χ0n) is 19.3. The molecule has 3 N–H and O–H groups in total. The van der Waals surface area contributed by atoms with Crippen molar-refractivity contribution in [3.8, 4) is 11.5 Å². The molecule has 2 amide bonds. The number of aromatic amines is 1. The smallest absolute Gasteiger partial charge is 0.246 e. The van der Waals surface area contributed by atoms with Crippen LogP contribution in [0.1, 0.15) is 24.1 Å². The predicted octanol–water partition coefficient (Wildman–Crippen LogP) is 4.89. The Hall–Kier alpha value is -4.39. The van der Waals surface area contributed by atoms with Crippen molar-refractivity contribution >= 4 is 17.5 Å². The van der Waals surface area contributed by atoms with Crippen LogP contribution in [0.25, 0.3) is 0 Å². The normalized spacial score (nSPS) is 11.4. The Morgan fingerprint density at radius 2 is 1.57 bits per heavy atom. The van der Waals surface area contributed by atoms with E-state index in [1.54, 1.807) is 30.5 Å². The number of rotatable bonds is 11. The van der Waals surface area contributed by atoms with Crippen LogP contribution in [0.5, 0.6) is 11.5 Å². The lowest BCUT2D eigenvalue weighted by molar-refractivity contribution is -0.126. The molecule has 1 aromatic heterocycles. The lowest BCUT2D eigenvalue weighted by Crippen LogP contribution is -2.44. The number of aromatic nitrogens is 2. The van der Waals surface area contributed by atoms with Crippen LogP contribution >= 0.6 is 0 Å². The maximum atomic E-state index is 13.1. The van der Waals surface area contributed by atoms with E-state index in [0.717, 1.165) is 18.6 Å². The Bertz CT molecular complexity index is 1190. The minimum Gasteiger partial charge on any atom is -0.457 e. The number of aryl methyl sites for hydroxylation is 1. The van der Waals surface area contributed by atoms with E-state index in [0.29, 0.717) is 23.6 Å². The van der Waals surface area contributed by atoms with Crippen molar-refractivity contribution in [1.29, 1.82) is 0 Å². The van der Waals surface area contributed by atoms with Gasteiger partial charge in [0, 0.05) is 17.6 Å². The molecule has 0 bridgehead atoms. The summed E-state index contributed by atoms with van der Waals surface area (Å²) in [4.78, 5) is 32.5. The van der Waals surface area contributed by atoms with Crippen LogP contribution in [0.15, 0.2) is 97.5 Å². The topological polar surface area (TPSA) is 96.1 Å². The Morgan fingerprint density at radius 1 is 0.886 bits per heavy atom. The number of benzene rings is 3. The van der Waals surface area contributed by atoms with Gasteiger partial charge in [-0.2, -0.15) is 0 Å². The van der Waals surface area contributed by atoms with Crippen LogP contribution in [0.3, 0.4) is 0 Å². The van der Waals surface area contributed by atoms with Gasteiger partial charge in [-0.25, -0.2) is 4.98 Å². The highest BCUT2D eigenvalue weighted by Crippen LogP contribution is 2.23. The number of nitrogens with zero attached hydrogens (tertiary/aromatic N) is 1. The fraction of sp³-hybridized carbons (Fsp3) is 0.179. The highest BCUT2D eigenvalue weighted by atomic mass is 16.5. The van der Waals surface area contributed by atoms with Crippen molar-refractivity contribution in [2.45, 2.75) is 31.7 Å². The van der Waals surface area contributed by atoms with Crippen LogP contribution in [0.2, 0.25) is 0 Å². The first-order chi connectivity index (χ1) is 17.2. The molecule has 35 heavy (non-hydrogen) atoms. The minimum absolute atomic E-state index is 0.133. The molecule has 0 saturated carbocycles. The average molecular weight is 469 g/mol. The van der Waals surface area contributed by atoms with E-state index in [1.165, 1.54) is 11.9 Å². The number of ether oxygens (including phenoxy) is 1. The number of anilines is 1. The Labute approximate surface area is 204 Å². The molecule has 7 nitrogen and oxygen atoms in total. The molecule has 0 aliphatic carbocycles. The van der Waals surface area contributed by atoms with Crippen LogP contribution in [-0.4, -0.2) is 27.8 Å². The van der Waals surface area contributed by atoms with E-state index in [2.05, 4.69) is 32.7 Å². The third-order valence-corrected chi connectivity index (χ3v) is 5.46. The van der Waals surface area contributed by atoms with E-state index in [9.17, 15) is 9.59 Å². The first kappa shape index (κ1) is 23.8. The van der Waals surface area contributed by atoms with Gasteiger partial charge in [-0.3, -0.25) is 9.59 Å². The molecule has 0 radical (unpaired) electrons. The number of nitrogens with one attached hydrogen (secondary N) is 3. The summed E-state index contributed by atoms with van der Waals surface area (Å²) in [5, 5.41) is 5.80. The number of amides is 2. The number of imidazole rings is 1. The third-order valence-electron chi connectivity index (χ3n) is 5.46. The van der Waals surface area contributed by atoms with Crippen molar-refractivity contribution in [3.05, 3.63) is 109 Å². The predicted molar refractivity (Wildman–Crippen MR) is 135 cm³/mol. The quantitative estimate of drug-likeness (QED) is 0.292. The maximum absolute atomic E-state index is 13.1. The lowest BCUT2D eigenvalue weighted by Gasteiger charge is -2.19. The van der Waals surface area contributed by atoms with Crippen LogP contribution < -0.4 is 15.4 Å². The van der Waals surface area contributed by atoms with Crippen LogP contribution in [0.4, 0.5) is 5.69 Å². The SMILES string of the molecule is O=C(Cc1cnc[nH]1)N[C@@H](CCCc1ccccc1)C(=O)Nc1ccc(Oc2ccccc2)cc1. The third kappa shape index (κ3) is 7.57. The molecule has 178 valence electrons. The fourth-order valence-electron chi connectivity index (χ4n) is 3.68. The molecule has 7 heteroatoms. The van der Waals surface area contributed by atoms with Crippen molar-refractivity contribution in [1.82, 2.24) is 15.3 Å². The Kier molecular flexibility index (Phi) is 8.27. The molecule has 0 fully saturated rings. The molecular formula is C28H28N4O3. The van der Waals surface area contributed by atoms with E-state index in [1.807, 2.05) is 48.5 Å². The van der Waals surface area contributed by atoms with Gasteiger partial charge in [0.2, 0.25) is 11.8 Å². The second-order valence-corrected chi connectivity index (χ2v) is 8.18. The van der Waals surface area contributed by atoms with Crippen molar-refractivity contribution < 1.29 is 14.3 Å². The molecule has 0 aliphatic heterocycles. The van der Waals surface area contributed by atoms with E-state index in [4.69, 9.17) is 4.74 Å². The largest absolute Gasteiger partial charge is 0.457 e. The van der Waals surface area contributed by atoms with Crippen LogP contribution in [0, 0.1) is 0 Å². The van der Waals surface area contributed by atoms with Crippen molar-refractivity contribution in [2.75, 3.05) is 5.32 Å². The van der Waals surface area contributed by atoms with Gasteiger partial charge in [-0.15, -0.1) is 0 Å². The maximum Gasteiger partial charge on any atom is 0.246 e. The van der Waals surface area contributed by atoms with E-state index >= 15 is 0 Å². The summed E-state index contributed by atoms with van der Waals surface area (Å²) in [5.41, 5.74) is 2.52. The lowest BCUT2D eigenvalue weighted by atomic mass is 10.0. The minimum atomic E-state index is -0.658. The monoisotopic (exact) mass is 468 g/mol. The highest BCUT2D eigenvalue weighted by molar-refractivity contribution is 5.97. The highest BCUT2D eigenvalue weighted by Gasteiger charge is 2.21. The van der Waals surface area contributed by atoms with Gasteiger partial charge in [-0.05, 0) is 61.2 Å².